The second kappa shape index (κ2) is 6.76. The van der Waals surface area contributed by atoms with Crippen molar-refractivity contribution < 1.29 is 19.4 Å². The van der Waals surface area contributed by atoms with Gasteiger partial charge in [-0.25, -0.2) is 4.79 Å². The normalized spacial score (nSPS) is 10.3. The minimum Gasteiger partial charge on any atom is -0.478 e. The van der Waals surface area contributed by atoms with Crippen molar-refractivity contribution >= 4 is 11.9 Å². The van der Waals surface area contributed by atoms with E-state index in [9.17, 15) is 9.59 Å². The number of primary amides is 1. The Hall–Kier alpha value is -1.88. The molecule has 0 saturated carbocycles. The van der Waals surface area contributed by atoms with Crippen LogP contribution < -0.4 is 5.73 Å². The Morgan fingerprint density at radius 3 is 2.61 bits per heavy atom. The van der Waals surface area contributed by atoms with Gasteiger partial charge in [-0.1, -0.05) is 0 Å². The fourth-order valence-electron chi connectivity index (χ4n) is 1.74. The Bertz CT molecular complexity index is 443. The summed E-state index contributed by atoms with van der Waals surface area (Å²) in [5.41, 5.74) is 6.49. The van der Waals surface area contributed by atoms with Crippen molar-refractivity contribution in [1.29, 1.82) is 0 Å². The van der Waals surface area contributed by atoms with Crippen molar-refractivity contribution in [3.05, 3.63) is 34.9 Å². The molecular formula is C13H17NO4. The number of rotatable bonds is 7. The fraction of sp³-hybridized carbons (Fsp3) is 0.385. The maximum atomic E-state index is 11.2. The molecule has 0 unspecified atom stereocenters. The number of ether oxygens (including phenoxy) is 1. The number of carboxylic acids is 1. The van der Waals surface area contributed by atoms with E-state index in [-0.39, 0.29) is 5.56 Å². The number of amides is 1. The second-order valence-electron chi connectivity index (χ2n) is 3.99. The van der Waals surface area contributed by atoms with Gasteiger partial charge in [-0.15, -0.1) is 0 Å². The molecule has 98 valence electrons. The maximum absolute atomic E-state index is 11.2. The molecule has 0 spiro atoms. The molecule has 0 heterocycles. The first-order valence-electron chi connectivity index (χ1n) is 5.71. The van der Waals surface area contributed by atoms with Crippen molar-refractivity contribution in [2.75, 3.05) is 13.7 Å². The molecular weight excluding hydrogens is 234 g/mol. The van der Waals surface area contributed by atoms with Crippen LogP contribution in [0.3, 0.4) is 0 Å². The lowest BCUT2D eigenvalue weighted by atomic mass is 9.99. The number of benzene rings is 1. The first kappa shape index (κ1) is 14.2. The van der Waals surface area contributed by atoms with Crippen LogP contribution in [0.5, 0.6) is 0 Å². The van der Waals surface area contributed by atoms with Crippen LogP contribution in [0.2, 0.25) is 0 Å². The van der Waals surface area contributed by atoms with Crippen molar-refractivity contribution in [2.45, 2.75) is 19.3 Å². The average Bonchev–Trinajstić information content (AvgIpc) is 2.34. The van der Waals surface area contributed by atoms with Crippen LogP contribution in [0.1, 0.15) is 39.1 Å². The zero-order valence-corrected chi connectivity index (χ0v) is 10.3. The molecule has 1 aromatic carbocycles. The first-order chi connectivity index (χ1) is 8.56. The zero-order valence-electron chi connectivity index (χ0n) is 10.3. The molecule has 1 amide bonds. The predicted molar refractivity (Wildman–Crippen MR) is 66.7 cm³/mol. The molecule has 18 heavy (non-hydrogen) atoms. The summed E-state index contributed by atoms with van der Waals surface area (Å²) in [6, 6.07) is 4.37. The number of nitrogens with two attached hydrogens (primary N) is 1. The van der Waals surface area contributed by atoms with Crippen LogP contribution in [0.15, 0.2) is 18.2 Å². The van der Waals surface area contributed by atoms with E-state index in [1.54, 1.807) is 7.11 Å². The Labute approximate surface area is 106 Å². The summed E-state index contributed by atoms with van der Waals surface area (Å²) in [6.07, 6.45) is 2.28. The number of unbranched alkanes of at least 4 members (excludes halogenated alkanes) is 1. The molecule has 0 radical (unpaired) electrons. The minimum absolute atomic E-state index is 0.168. The summed E-state index contributed by atoms with van der Waals surface area (Å²) in [6.45, 7) is 0.643. The second-order valence-corrected chi connectivity index (χ2v) is 3.99. The van der Waals surface area contributed by atoms with E-state index in [1.807, 2.05) is 0 Å². The first-order valence-corrected chi connectivity index (χ1v) is 5.71. The molecule has 5 heteroatoms. The van der Waals surface area contributed by atoms with Crippen LogP contribution in [0, 0.1) is 0 Å². The van der Waals surface area contributed by atoms with Crippen molar-refractivity contribution in [2.24, 2.45) is 5.73 Å². The highest BCUT2D eigenvalue weighted by molar-refractivity contribution is 5.96. The third kappa shape index (κ3) is 3.85. The van der Waals surface area contributed by atoms with Gasteiger partial charge in [0, 0.05) is 19.3 Å². The van der Waals surface area contributed by atoms with Crippen LogP contribution in [-0.2, 0) is 11.2 Å². The van der Waals surface area contributed by atoms with Crippen LogP contribution in [0.25, 0.3) is 0 Å². The zero-order chi connectivity index (χ0) is 13.5. The summed E-state index contributed by atoms with van der Waals surface area (Å²) in [4.78, 5) is 22.1. The Morgan fingerprint density at radius 2 is 2.06 bits per heavy atom. The lowest BCUT2D eigenvalue weighted by molar-refractivity contribution is 0.0696. The summed E-state index contributed by atoms with van der Waals surface area (Å²) in [5, 5.41) is 8.91. The van der Waals surface area contributed by atoms with Gasteiger partial charge in [0.25, 0.3) is 0 Å². The molecule has 3 N–H and O–H groups in total. The minimum atomic E-state index is -1.01. The molecule has 0 aromatic heterocycles. The number of aromatic carboxylic acids is 1. The van der Waals surface area contributed by atoms with Gasteiger partial charge in [-0.3, -0.25) is 4.79 Å². The Kier molecular flexibility index (Phi) is 5.32. The lowest BCUT2D eigenvalue weighted by Gasteiger charge is -2.08. The van der Waals surface area contributed by atoms with Crippen molar-refractivity contribution in [1.82, 2.24) is 0 Å². The molecule has 1 aromatic rings. The number of carbonyl (C=O) groups is 2. The van der Waals surface area contributed by atoms with Gasteiger partial charge in [0.2, 0.25) is 5.91 Å². The Balaban J connectivity index is 2.86. The molecule has 0 bridgehead atoms. The highest BCUT2D eigenvalue weighted by Gasteiger charge is 2.11. The largest absolute Gasteiger partial charge is 0.478 e. The molecule has 0 aliphatic heterocycles. The van der Waals surface area contributed by atoms with Gasteiger partial charge in [0.15, 0.2) is 0 Å². The highest BCUT2D eigenvalue weighted by atomic mass is 16.5. The van der Waals surface area contributed by atoms with Crippen molar-refractivity contribution in [3.8, 4) is 0 Å². The van der Waals surface area contributed by atoms with Crippen LogP contribution in [-0.4, -0.2) is 30.7 Å². The van der Waals surface area contributed by atoms with Gasteiger partial charge in [0.1, 0.15) is 0 Å². The van der Waals surface area contributed by atoms with E-state index < -0.39 is 11.9 Å². The van der Waals surface area contributed by atoms with E-state index in [1.165, 1.54) is 18.2 Å². The monoisotopic (exact) mass is 251 g/mol. The van der Waals surface area contributed by atoms with Gasteiger partial charge in [0.05, 0.1) is 5.56 Å². The molecule has 5 nitrogen and oxygen atoms in total. The predicted octanol–water partition coefficient (Wildman–Crippen LogP) is 1.45. The topological polar surface area (TPSA) is 89.6 Å². The molecule has 0 fully saturated rings. The summed E-state index contributed by atoms with van der Waals surface area (Å²) in [7, 11) is 1.62. The third-order valence-corrected chi connectivity index (χ3v) is 2.66. The number of hydrogen-bond donors (Lipinski definition) is 2. The van der Waals surface area contributed by atoms with E-state index in [4.69, 9.17) is 15.6 Å². The number of carboxylic acid groups (broad SMARTS) is 1. The molecule has 0 aliphatic carbocycles. The third-order valence-electron chi connectivity index (χ3n) is 2.66. The maximum Gasteiger partial charge on any atom is 0.335 e. The quantitative estimate of drug-likeness (QED) is 0.718. The molecule has 0 atom stereocenters. The summed E-state index contributed by atoms with van der Waals surface area (Å²) >= 11 is 0. The van der Waals surface area contributed by atoms with Gasteiger partial charge in [-0.05, 0) is 43.0 Å². The van der Waals surface area contributed by atoms with Gasteiger partial charge < -0.3 is 15.6 Å². The fourth-order valence-corrected chi connectivity index (χ4v) is 1.74. The SMILES string of the molecule is COCCCCc1cc(C(=O)O)ccc1C(N)=O. The van der Waals surface area contributed by atoms with Crippen molar-refractivity contribution in [3.63, 3.8) is 0 Å². The van der Waals surface area contributed by atoms with Gasteiger partial charge >= 0.3 is 5.97 Å². The number of methoxy groups -OCH3 is 1. The molecule has 0 aliphatic rings. The smallest absolute Gasteiger partial charge is 0.335 e. The van der Waals surface area contributed by atoms with Crippen LogP contribution in [0.4, 0.5) is 0 Å². The highest BCUT2D eigenvalue weighted by Crippen LogP contribution is 2.15. The molecule has 0 saturated heterocycles. The van der Waals surface area contributed by atoms with E-state index in [2.05, 4.69) is 0 Å². The summed E-state index contributed by atoms with van der Waals surface area (Å²) < 4.78 is 4.93. The summed E-state index contributed by atoms with van der Waals surface area (Å²) in [5.74, 6) is -1.54. The Morgan fingerprint density at radius 1 is 1.33 bits per heavy atom. The number of aryl methyl sites for hydroxylation is 1. The molecule has 1 rings (SSSR count). The standard InChI is InChI=1S/C13H17NO4/c1-18-7-3-2-4-9-8-10(13(16)17)5-6-11(9)12(14)15/h5-6,8H,2-4,7H2,1H3,(H2,14,15)(H,16,17). The average molecular weight is 251 g/mol. The van der Waals surface area contributed by atoms with Crippen LogP contribution >= 0.6 is 0 Å². The van der Waals surface area contributed by atoms with E-state index in [0.29, 0.717) is 24.2 Å². The number of hydrogen-bond acceptors (Lipinski definition) is 3. The van der Waals surface area contributed by atoms with Gasteiger partial charge in [-0.2, -0.15) is 0 Å². The van der Waals surface area contributed by atoms with E-state index in [0.717, 1.165) is 12.8 Å². The lowest BCUT2D eigenvalue weighted by Crippen LogP contribution is -2.14. The number of carbonyl (C=O) groups excluding carboxylic acids is 1. The van der Waals surface area contributed by atoms with E-state index >= 15 is 0 Å².